The minimum absolute atomic E-state index is 0.0283. The van der Waals surface area contributed by atoms with Crippen molar-refractivity contribution in [2.75, 3.05) is 6.61 Å². The average molecular weight is 1130 g/mol. The monoisotopic (exact) mass is 1130 g/mol. The van der Waals surface area contributed by atoms with Crippen LogP contribution in [0, 0.1) is 29.6 Å². The summed E-state index contributed by atoms with van der Waals surface area (Å²) in [6.07, 6.45) is 3.36. The largest absolute Gasteiger partial charge is 0.413 e. The van der Waals surface area contributed by atoms with Crippen molar-refractivity contribution in [2.24, 2.45) is 29.6 Å². The molecule has 0 aliphatic carbocycles. The Morgan fingerprint density at radius 3 is 1.51 bits per heavy atom. The summed E-state index contributed by atoms with van der Waals surface area (Å²) in [5.41, 5.74) is 2.27. The van der Waals surface area contributed by atoms with Crippen molar-refractivity contribution in [2.45, 2.75) is 310 Å². The molecule has 3 heterocycles. The van der Waals surface area contributed by atoms with Gasteiger partial charge in [-0.3, -0.25) is 4.79 Å². The SMILES string of the molecule is CC(C)[Si](OC[C@@H](O)C[C@@H]1C[C@H](C[C@@H](O[Si](C)(C)C(C)(C)C)[C@H](C)[C@H]2OC(C)(C)O[C@@H](C[C@@H](O[Si](C)(C)C(C)(C)C)[C@H](C)[C@H]3OC(C)(C)O[C@@H]([C@H](C)C(=O)/C=C/c4ccccc4)[C@@H]3C)[C@@H]2C)OC(C)(C)O1)(C(C)C)C(C)C. The molecule has 3 aliphatic rings. The summed E-state index contributed by atoms with van der Waals surface area (Å²) < 4.78 is 63.4. The first-order valence-corrected chi connectivity index (χ1v) is 37.9. The van der Waals surface area contributed by atoms with Crippen molar-refractivity contribution in [3.63, 3.8) is 0 Å². The topological polar surface area (TPSA) is 120 Å². The Bertz CT molecular complexity index is 2000. The molecule has 0 spiro atoms. The van der Waals surface area contributed by atoms with Crippen LogP contribution in [0.1, 0.15) is 190 Å². The normalized spacial score (nSPS) is 29.1. The molecule has 0 amide bonds. The molecule has 14 atom stereocenters. The highest BCUT2D eigenvalue weighted by molar-refractivity contribution is 6.77. The number of aliphatic hydroxyl groups is 1. The highest BCUT2D eigenvalue weighted by Crippen LogP contribution is 2.48. The molecule has 77 heavy (non-hydrogen) atoms. The molecule has 11 nitrogen and oxygen atoms in total. The van der Waals surface area contributed by atoms with E-state index >= 15 is 0 Å². The van der Waals surface area contributed by atoms with E-state index in [9.17, 15) is 9.90 Å². The van der Waals surface area contributed by atoms with Gasteiger partial charge in [-0.2, -0.15) is 0 Å². The summed E-state index contributed by atoms with van der Waals surface area (Å²) in [4.78, 5) is 13.9. The zero-order valence-electron chi connectivity index (χ0n) is 53.9. The molecule has 0 unspecified atom stereocenters. The number of benzene rings is 1. The molecule has 3 aliphatic heterocycles. The van der Waals surface area contributed by atoms with Gasteiger partial charge in [-0.1, -0.05) is 154 Å². The number of carbonyl (C=O) groups excluding carboxylic acids is 1. The van der Waals surface area contributed by atoms with Gasteiger partial charge in [0, 0.05) is 42.4 Å². The van der Waals surface area contributed by atoms with E-state index in [1.807, 2.05) is 84.9 Å². The smallest absolute Gasteiger partial charge is 0.200 e. The lowest BCUT2D eigenvalue weighted by molar-refractivity contribution is -0.342. The second-order valence-corrected chi connectivity index (χ2v) is 44.5. The number of rotatable bonds is 24. The van der Waals surface area contributed by atoms with Crippen LogP contribution < -0.4 is 0 Å². The van der Waals surface area contributed by atoms with Crippen LogP contribution in [0.5, 0.6) is 0 Å². The molecule has 1 N–H and O–H groups in total. The number of ketones is 1. The maximum atomic E-state index is 13.9. The maximum Gasteiger partial charge on any atom is 0.200 e. The van der Waals surface area contributed by atoms with Crippen LogP contribution in [0.15, 0.2) is 36.4 Å². The lowest BCUT2D eigenvalue weighted by Crippen LogP contribution is -2.59. The number of carbonyl (C=O) groups is 1. The molecule has 0 aromatic heterocycles. The number of hydrogen-bond donors (Lipinski definition) is 1. The van der Waals surface area contributed by atoms with Crippen molar-refractivity contribution in [1.29, 1.82) is 0 Å². The van der Waals surface area contributed by atoms with Gasteiger partial charge >= 0.3 is 0 Å². The molecule has 1 aromatic carbocycles. The second kappa shape index (κ2) is 26.2. The van der Waals surface area contributed by atoms with E-state index in [-0.39, 0.29) is 88.4 Å². The van der Waals surface area contributed by atoms with Crippen LogP contribution >= 0.6 is 0 Å². The summed E-state index contributed by atoms with van der Waals surface area (Å²) in [5, 5.41) is 11.6. The van der Waals surface area contributed by atoms with Crippen molar-refractivity contribution >= 4 is 36.8 Å². The van der Waals surface area contributed by atoms with Crippen LogP contribution in [0.3, 0.4) is 0 Å². The Balaban J connectivity index is 1.67. The van der Waals surface area contributed by atoms with E-state index in [1.54, 1.807) is 6.08 Å². The maximum absolute atomic E-state index is 13.9. The fraction of sp³-hybridized carbons (Fsp3) is 0.857. The molecule has 4 rings (SSSR count). The van der Waals surface area contributed by atoms with Gasteiger partial charge in [0.15, 0.2) is 48.1 Å². The van der Waals surface area contributed by atoms with Gasteiger partial charge in [-0.25, -0.2) is 0 Å². The van der Waals surface area contributed by atoms with Gasteiger partial charge < -0.3 is 46.8 Å². The quantitative estimate of drug-likeness (QED) is 0.0787. The molecular weight excluding hydrogens is 1020 g/mol. The van der Waals surface area contributed by atoms with Crippen molar-refractivity contribution in [1.82, 2.24) is 0 Å². The van der Waals surface area contributed by atoms with Gasteiger partial charge in [0.1, 0.15) is 0 Å². The minimum atomic E-state index is -2.37. The Morgan fingerprint density at radius 2 is 1.04 bits per heavy atom. The van der Waals surface area contributed by atoms with Crippen molar-refractivity contribution in [3.8, 4) is 0 Å². The number of aliphatic hydroxyl groups excluding tert-OH is 1. The Kier molecular flexibility index (Phi) is 23.3. The van der Waals surface area contributed by atoms with E-state index in [2.05, 4.69) is 137 Å². The van der Waals surface area contributed by atoms with E-state index in [4.69, 9.17) is 41.7 Å². The summed E-state index contributed by atoms with van der Waals surface area (Å²) in [6.45, 7) is 60.2. The molecule has 1 aromatic rings. The van der Waals surface area contributed by atoms with E-state index in [1.165, 1.54) is 0 Å². The predicted molar refractivity (Wildman–Crippen MR) is 323 cm³/mol. The summed E-state index contributed by atoms with van der Waals surface area (Å²) in [6, 6.07) is 9.94. The molecule has 3 saturated heterocycles. The Hall–Kier alpha value is -1.12. The fourth-order valence-corrected chi connectivity index (χ4v) is 21.0. The first-order chi connectivity index (χ1) is 35.0. The predicted octanol–water partition coefficient (Wildman–Crippen LogP) is 15.9. The fourth-order valence-electron chi connectivity index (χ4n) is 12.7. The number of hydrogen-bond acceptors (Lipinski definition) is 11. The molecule has 0 bridgehead atoms. The minimum Gasteiger partial charge on any atom is -0.413 e. The van der Waals surface area contributed by atoms with E-state index in [0.29, 0.717) is 48.9 Å². The molecule has 14 heteroatoms. The van der Waals surface area contributed by atoms with Gasteiger partial charge in [-0.15, -0.1) is 0 Å². The summed E-state index contributed by atoms with van der Waals surface area (Å²) in [7, 11) is -6.88. The molecular formula is C63H116O11Si3. The average Bonchev–Trinajstić information content (AvgIpc) is 3.27. The molecule has 3 fully saturated rings. The standard InChI is InChI=1S/C63H116O11Si3/c1-40(2)77(41(3)4,42(5)6)66-39-49(64)35-50-36-51(68-61(18,19)67-50)37-54(73-75(24,25)59(12,13)14)45(9)57-44(8)53(69-62(20,21)71-57)38-55(74-76(26,27)60(15,16)17)46(10)58-47(11)56(70-63(22,23)72-58)43(7)52(65)34-33-48-31-29-28-30-32-48/h28-34,40-47,49-51,53-58,64H,35-39H2,1-27H3/b34-33+/t43-,44+,45+,46+,47+,49+,50-,51-,53+,54-,55-,56+,57+,58-/m1/s1. The van der Waals surface area contributed by atoms with Crippen LogP contribution in [-0.2, 0) is 46.5 Å². The van der Waals surface area contributed by atoms with E-state index < -0.39 is 54.3 Å². The van der Waals surface area contributed by atoms with Crippen LogP contribution in [0.25, 0.3) is 6.08 Å². The molecule has 0 radical (unpaired) electrons. The zero-order valence-corrected chi connectivity index (χ0v) is 56.9. The van der Waals surface area contributed by atoms with Gasteiger partial charge in [0.05, 0.1) is 61.5 Å². The number of ether oxygens (including phenoxy) is 6. The lowest BCUT2D eigenvalue weighted by atomic mass is 9.77. The van der Waals surface area contributed by atoms with Gasteiger partial charge in [0.2, 0.25) is 0 Å². The first-order valence-electron chi connectivity index (χ1n) is 30.0. The highest BCUT2D eigenvalue weighted by atomic mass is 28.4. The summed E-state index contributed by atoms with van der Waals surface area (Å²) in [5.74, 6) is -3.35. The third kappa shape index (κ3) is 17.7. The molecule has 0 saturated carbocycles. The Morgan fingerprint density at radius 1 is 0.623 bits per heavy atom. The third-order valence-corrected chi connectivity index (χ3v) is 34.0. The summed E-state index contributed by atoms with van der Waals surface area (Å²) >= 11 is 0. The molecule has 446 valence electrons. The van der Waals surface area contributed by atoms with Crippen LogP contribution in [0.2, 0.25) is 52.9 Å². The Labute approximate surface area is 474 Å². The van der Waals surface area contributed by atoms with Crippen molar-refractivity contribution in [3.05, 3.63) is 42.0 Å². The van der Waals surface area contributed by atoms with Gasteiger partial charge in [0.25, 0.3) is 0 Å². The van der Waals surface area contributed by atoms with E-state index in [0.717, 1.165) is 5.56 Å². The lowest BCUT2D eigenvalue weighted by Gasteiger charge is -2.53. The second-order valence-electron chi connectivity index (χ2n) is 29.5. The first kappa shape index (κ1) is 68.4. The highest BCUT2D eigenvalue weighted by Gasteiger charge is 2.54. The zero-order chi connectivity index (χ0) is 58.8. The van der Waals surface area contributed by atoms with Crippen LogP contribution in [-0.4, -0.2) is 115 Å². The van der Waals surface area contributed by atoms with Crippen molar-refractivity contribution < 1.29 is 51.6 Å². The third-order valence-electron chi connectivity index (χ3n) is 18.9. The van der Waals surface area contributed by atoms with Gasteiger partial charge in [-0.05, 0) is 119 Å². The number of allylic oxidation sites excluding steroid dienone is 1. The van der Waals surface area contributed by atoms with Crippen LogP contribution in [0.4, 0.5) is 0 Å².